The highest BCUT2D eigenvalue weighted by Gasteiger charge is 2.38. The number of esters is 1. The van der Waals surface area contributed by atoms with Gasteiger partial charge in [-0.25, -0.2) is 0 Å². The van der Waals surface area contributed by atoms with E-state index in [-0.39, 0.29) is 24.2 Å². The second-order valence-electron chi connectivity index (χ2n) is 6.17. The lowest BCUT2D eigenvalue weighted by Gasteiger charge is -2.37. The maximum Gasteiger partial charge on any atom is 0.307 e. The largest absolute Gasteiger partial charge is 0.478 e. The predicted octanol–water partition coefficient (Wildman–Crippen LogP) is 3.01. The standard InChI is InChI=1S/C18H25NO4/c1-6-12(3)17-18(21)19(8-7-15(20)22-5)14-10-11(2)9-13(4)16(14)23-17/h9-10,12,17H,6-8H2,1-5H3/t12-,17+/m0/s1. The minimum absolute atomic E-state index is 0.0826. The van der Waals surface area contributed by atoms with Crippen LogP contribution >= 0.6 is 0 Å². The molecule has 0 unspecified atom stereocenters. The van der Waals surface area contributed by atoms with Crippen molar-refractivity contribution in [1.82, 2.24) is 0 Å². The molecule has 1 aromatic carbocycles. The Bertz CT molecular complexity index is 611. The van der Waals surface area contributed by atoms with Crippen molar-refractivity contribution in [3.8, 4) is 5.75 Å². The molecular formula is C18H25NO4. The van der Waals surface area contributed by atoms with Gasteiger partial charge in [-0.05, 0) is 37.5 Å². The summed E-state index contributed by atoms with van der Waals surface area (Å²) in [5, 5.41) is 0. The van der Waals surface area contributed by atoms with Crippen molar-refractivity contribution >= 4 is 17.6 Å². The molecule has 1 heterocycles. The van der Waals surface area contributed by atoms with Crippen molar-refractivity contribution in [3.63, 3.8) is 0 Å². The number of ether oxygens (including phenoxy) is 2. The van der Waals surface area contributed by atoms with Crippen molar-refractivity contribution in [2.75, 3.05) is 18.6 Å². The SMILES string of the molecule is CC[C@H](C)[C@H]1Oc2c(C)cc(C)cc2N(CCC(=O)OC)C1=O. The van der Waals surface area contributed by atoms with Crippen LogP contribution < -0.4 is 9.64 Å². The van der Waals surface area contributed by atoms with E-state index in [9.17, 15) is 9.59 Å². The maximum absolute atomic E-state index is 12.9. The van der Waals surface area contributed by atoms with Gasteiger partial charge in [-0.15, -0.1) is 0 Å². The molecule has 0 saturated carbocycles. The number of benzene rings is 1. The van der Waals surface area contributed by atoms with E-state index in [0.29, 0.717) is 6.54 Å². The maximum atomic E-state index is 12.9. The first kappa shape index (κ1) is 17.3. The van der Waals surface area contributed by atoms with Gasteiger partial charge in [0.15, 0.2) is 6.10 Å². The zero-order chi connectivity index (χ0) is 17.1. The normalized spacial score (nSPS) is 18.2. The highest BCUT2D eigenvalue weighted by Crippen LogP contribution is 2.39. The number of carbonyl (C=O) groups is 2. The van der Waals surface area contributed by atoms with Crippen molar-refractivity contribution in [3.05, 3.63) is 23.3 Å². The zero-order valence-corrected chi connectivity index (χ0v) is 14.5. The third-order valence-electron chi connectivity index (χ3n) is 4.37. The van der Waals surface area contributed by atoms with Crippen molar-refractivity contribution < 1.29 is 19.1 Å². The summed E-state index contributed by atoms with van der Waals surface area (Å²) in [6.07, 6.45) is 0.509. The molecule has 0 radical (unpaired) electrons. The number of anilines is 1. The third-order valence-corrected chi connectivity index (χ3v) is 4.37. The van der Waals surface area contributed by atoms with Gasteiger partial charge in [-0.1, -0.05) is 19.9 Å². The Hall–Kier alpha value is -2.04. The molecule has 1 aliphatic heterocycles. The summed E-state index contributed by atoms with van der Waals surface area (Å²) in [7, 11) is 1.35. The summed E-state index contributed by atoms with van der Waals surface area (Å²) in [6, 6.07) is 3.98. The molecule has 1 aromatic rings. The summed E-state index contributed by atoms with van der Waals surface area (Å²) in [5.74, 6) is 0.443. The Balaban J connectivity index is 2.41. The summed E-state index contributed by atoms with van der Waals surface area (Å²) < 4.78 is 10.7. The number of methoxy groups -OCH3 is 1. The van der Waals surface area contributed by atoms with Crippen LogP contribution in [0.1, 0.15) is 37.8 Å². The number of rotatable bonds is 5. The lowest BCUT2D eigenvalue weighted by Crippen LogP contribution is -2.49. The fourth-order valence-electron chi connectivity index (χ4n) is 2.84. The van der Waals surface area contributed by atoms with E-state index in [1.165, 1.54) is 7.11 Å². The quantitative estimate of drug-likeness (QED) is 0.783. The predicted molar refractivity (Wildman–Crippen MR) is 88.8 cm³/mol. The Kier molecular flexibility index (Phi) is 5.29. The monoisotopic (exact) mass is 319 g/mol. The van der Waals surface area contributed by atoms with Gasteiger partial charge in [0.1, 0.15) is 5.75 Å². The molecule has 0 aromatic heterocycles. The molecule has 0 aliphatic carbocycles. The lowest BCUT2D eigenvalue weighted by molar-refractivity contribution is -0.140. The van der Waals surface area contributed by atoms with Crippen LogP contribution in [0.5, 0.6) is 5.75 Å². The molecule has 2 rings (SSSR count). The first-order chi connectivity index (χ1) is 10.9. The topological polar surface area (TPSA) is 55.8 Å². The smallest absolute Gasteiger partial charge is 0.307 e. The zero-order valence-electron chi connectivity index (χ0n) is 14.5. The molecule has 5 nitrogen and oxygen atoms in total. The number of fused-ring (bicyclic) bond motifs is 1. The van der Waals surface area contributed by atoms with Gasteiger partial charge in [0.25, 0.3) is 5.91 Å². The van der Waals surface area contributed by atoms with Crippen LogP contribution in [0.2, 0.25) is 0 Å². The molecule has 0 spiro atoms. The van der Waals surface area contributed by atoms with Gasteiger partial charge < -0.3 is 14.4 Å². The molecule has 1 amide bonds. The van der Waals surface area contributed by atoms with Crippen LogP contribution in [0.25, 0.3) is 0 Å². The number of hydrogen-bond acceptors (Lipinski definition) is 4. The molecule has 0 saturated heterocycles. The molecule has 0 N–H and O–H groups in total. The minimum Gasteiger partial charge on any atom is -0.478 e. The van der Waals surface area contributed by atoms with E-state index in [1.807, 2.05) is 39.8 Å². The van der Waals surface area contributed by atoms with Gasteiger partial charge in [0, 0.05) is 12.5 Å². The fraction of sp³-hybridized carbons (Fsp3) is 0.556. The minimum atomic E-state index is -0.508. The van der Waals surface area contributed by atoms with Crippen molar-refractivity contribution in [2.24, 2.45) is 5.92 Å². The fourth-order valence-corrected chi connectivity index (χ4v) is 2.84. The number of amides is 1. The average Bonchev–Trinajstić information content (AvgIpc) is 2.52. The van der Waals surface area contributed by atoms with Crippen LogP contribution in [-0.2, 0) is 14.3 Å². The van der Waals surface area contributed by atoms with E-state index < -0.39 is 6.10 Å². The molecule has 5 heteroatoms. The summed E-state index contributed by atoms with van der Waals surface area (Å²) in [6.45, 7) is 8.32. The van der Waals surface area contributed by atoms with E-state index in [4.69, 9.17) is 9.47 Å². The highest BCUT2D eigenvalue weighted by molar-refractivity contribution is 6.01. The van der Waals surface area contributed by atoms with E-state index in [0.717, 1.165) is 29.0 Å². The summed E-state index contributed by atoms with van der Waals surface area (Å²) in [5.41, 5.74) is 2.81. The molecule has 0 fully saturated rings. The molecule has 23 heavy (non-hydrogen) atoms. The van der Waals surface area contributed by atoms with E-state index in [1.54, 1.807) is 4.90 Å². The summed E-state index contributed by atoms with van der Waals surface area (Å²) >= 11 is 0. The van der Waals surface area contributed by atoms with Crippen LogP contribution in [0.4, 0.5) is 5.69 Å². The van der Waals surface area contributed by atoms with E-state index >= 15 is 0 Å². The molecule has 2 atom stereocenters. The van der Waals surface area contributed by atoms with E-state index in [2.05, 4.69) is 0 Å². The Morgan fingerprint density at radius 3 is 2.70 bits per heavy atom. The second-order valence-corrected chi connectivity index (χ2v) is 6.17. The van der Waals surface area contributed by atoms with Crippen LogP contribution in [0.15, 0.2) is 12.1 Å². The molecule has 1 aliphatic rings. The Labute approximate surface area is 137 Å². The Morgan fingerprint density at radius 1 is 1.39 bits per heavy atom. The molecule has 0 bridgehead atoms. The van der Waals surface area contributed by atoms with Gasteiger partial charge in [-0.3, -0.25) is 9.59 Å². The molecule has 126 valence electrons. The summed E-state index contributed by atoms with van der Waals surface area (Å²) in [4.78, 5) is 26.0. The Morgan fingerprint density at radius 2 is 2.09 bits per heavy atom. The number of aryl methyl sites for hydroxylation is 2. The molecular weight excluding hydrogens is 294 g/mol. The van der Waals surface area contributed by atoms with Gasteiger partial charge in [-0.2, -0.15) is 0 Å². The first-order valence-corrected chi connectivity index (χ1v) is 8.05. The number of hydrogen-bond donors (Lipinski definition) is 0. The number of nitrogens with zero attached hydrogens (tertiary/aromatic N) is 1. The van der Waals surface area contributed by atoms with Crippen LogP contribution in [-0.4, -0.2) is 31.6 Å². The number of carbonyl (C=O) groups excluding carboxylic acids is 2. The third kappa shape index (κ3) is 3.49. The second kappa shape index (κ2) is 7.02. The van der Waals surface area contributed by atoms with Crippen LogP contribution in [0, 0.1) is 19.8 Å². The van der Waals surface area contributed by atoms with Gasteiger partial charge in [0.05, 0.1) is 19.2 Å². The van der Waals surface area contributed by atoms with Gasteiger partial charge in [0.2, 0.25) is 0 Å². The highest BCUT2D eigenvalue weighted by atomic mass is 16.5. The average molecular weight is 319 g/mol. The van der Waals surface area contributed by atoms with Crippen molar-refractivity contribution in [2.45, 2.75) is 46.6 Å². The first-order valence-electron chi connectivity index (χ1n) is 8.05. The lowest BCUT2D eigenvalue weighted by atomic mass is 9.97. The van der Waals surface area contributed by atoms with Gasteiger partial charge >= 0.3 is 5.97 Å². The van der Waals surface area contributed by atoms with Crippen LogP contribution in [0.3, 0.4) is 0 Å². The van der Waals surface area contributed by atoms with Crippen molar-refractivity contribution in [1.29, 1.82) is 0 Å².